The molecule has 2 unspecified atom stereocenters. The number of rotatable bonds is 4. The summed E-state index contributed by atoms with van der Waals surface area (Å²) < 4.78 is 5.70. The standard InChI is InChI=1S/C9H21N3O/c1-12(2)5-6-13-9-3-4-11-7-8(9)10/h8-9,11H,3-7,10H2,1-2H3. The van der Waals surface area contributed by atoms with Crippen LogP contribution in [0.25, 0.3) is 0 Å². The van der Waals surface area contributed by atoms with Crippen LogP contribution < -0.4 is 11.1 Å². The van der Waals surface area contributed by atoms with Gasteiger partial charge in [0.05, 0.1) is 12.7 Å². The van der Waals surface area contributed by atoms with Crippen LogP contribution in [-0.2, 0) is 4.74 Å². The zero-order valence-corrected chi connectivity index (χ0v) is 8.62. The molecule has 0 aromatic heterocycles. The van der Waals surface area contributed by atoms with Crippen molar-refractivity contribution in [3.63, 3.8) is 0 Å². The quantitative estimate of drug-likeness (QED) is 0.608. The third-order valence-electron chi connectivity index (χ3n) is 2.33. The molecule has 78 valence electrons. The van der Waals surface area contributed by atoms with Crippen molar-refractivity contribution in [3.8, 4) is 0 Å². The van der Waals surface area contributed by atoms with E-state index in [1.807, 2.05) is 14.1 Å². The van der Waals surface area contributed by atoms with E-state index in [4.69, 9.17) is 10.5 Å². The van der Waals surface area contributed by atoms with Gasteiger partial charge < -0.3 is 20.7 Å². The molecule has 4 heteroatoms. The molecule has 4 nitrogen and oxygen atoms in total. The zero-order valence-electron chi connectivity index (χ0n) is 8.62. The Kier molecular flexibility index (Phi) is 4.66. The third-order valence-corrected chi connectivity index (χ3v) is 2.33. The fraction of sp³-hybridized carbons (Fsp3) is 1.00. The molecule has 1 aliphatic heterocycles. The minimum Gasteiger partial charge on any atom is -0.375 e. The molecule has 0 amide bonds. The van der Waals surface area contributed by atoms with E-state index in [9.17, 15) is 0 Å². The molecular weight excluding hydrogens is 166 g/mol. The molecule has 1 heterocycles. The van der Waals surface area contributed by atoms with E-state index in [0.29, 0.717) is 0 Å². The topological polar surface area (TPSA) is 50.5 Å². The second kappa shape index (κ2) is 5.54. The lowest BCUT2D eigenvalue weighted by Crippen LogP contribution is -2.50. The lowest BCUT2D eigenvalue weighted by atomic mass is 10.1. The van der Waals surface area contributed by atoms with E-state index in [1.54, 1.807) is 0 Å². The number of hydrogen-bond donors (Lipinski definition) is 2. The lowest BCUT2D eigenvalue weighted by Gasteiger charge is -2.29. The predicted octanol–water partition coefficient (Wildman–Crippen LogP) is -0.746. The summed E-state index contributed by atoms with van der Waals surface area (Å²) in [6, 6.07) is 0.163. The maximum atomic E-state index is 5.89. The first kappa shape index (κ1) is 10.9. The predicted molar refractivity (Wildman–Crippen MR) is 53.8 cm³/mol. The number of likely N-dealkylation sites (N-methyl/N-ethyl adjacent to an activating group) is 1. The number of nitrogens with two attached hydrogens (primary N) is 1. The number of nitrogens with one attached hydrogen (secondary N) is 1. The van der Waals surface area contributed by atoms with E-state index in [2.05, 4.69) is 10.2 Å². The highest BCUT2D eigenvalue weighted by molar-refractivity contribution is 4.81. The molecule has 13 heavy (non-hydrogen) atoms. The van der Waals surface area contributed by atoms with E-state index < -0.39 is 0 Å². The number of hydrogen-bond acceptors (Lipinski definition) is 4. The molecule has 3 N–H and O–H groups in total. The molecule has 0 radical (unpaired) electrons. The molecule has 1 rings (SSSR count). The first-order valence-electron chi connectivity index (χ1n) is 4.93. The van der Waals surface area contributed by atoms with Crippen LogP contribution in [0.3, 0.4) is 0 Å². The van der Waals surface area contributed by atoms with Crippen molar-refractivity contribution in [1.82, 2.24) is 10.2 Å². The number of piperidine rings is 1. The van der Waals surface area contributed by atoms with Gasteiger partial charge >= 0.3 is 0 Å². The van der Waals surface area contributed by atoms with Gasteiger partial charge in [-0.3, -0.25) is 0 Å². The maximum Gasteiger partial charge on any atom is 0.0751 e. The van der Waals surface area contributed by atoms with Crippen LogP contribution in [0.4, 0.5) is 0 Å². The Balaban J connectivity index is 2.11. The summed E-state index contributed by atoms with van der Waals surface area (Å²) in [7, 11) is 4.09. The fourth-order valence-electron chi connectivity index (χ4n) is 1.45. The van der Waals surface area contributed by atoms with Gasteiger partial charge in [-0.25, -0.2) is 0 Å². The Bertz CT molecular complexity index is 141. The number of nitrogens with zero attached hydrogens (tertiary/aromatic N) is 1. The molecular formula is C9H21N3O. The van der Waals surface area contributed by atoms with Crippen molar-refractivity contribution in [2.45, 2.75) is 18.6 Å². The smallest absolute Gasteiger partial charge is 0.0751 e. The molecule has 2 atom stereocenters. The maximum absolute atomic E-state index is 5.89. The van der Waals surface area contributed by atoms with Gasteiger partial charge in [0.1, 0.15) is 0 Å². The zero-order chi connectivity index (χ0) is 9.68. The summed E-state index contributed by atoms with van der Waals surface area (Å²) in [6.07, 6.45) is 1.29. The molecule has 1 aliphatic rings. The Labute approximate surface area is 80.4 Å². The van der Waals surface area contributed by atoms with Crippen LogP contribution in [0.2, 0.25) is 0 Å². The molecule has 0 aromatic rings. The minimum absolute atomic E-state index is 0.163. The van der Waals surface area contributed by atoms with Crippen LogP contribution in [-0.4, -0.2) is 57.4 Å². The van der Waals surface area contributed by atoms with Gasteiger partial charge in [0, 0.05) is 19.1 Å². The van der Waals surface area contributed by atoms with Gasteiger partial charge in [0.25, 0.3) is 0 Å². The van der Waals surface area contributed by atoms with Gasteiger partial charge in [-0.2, -0.15) is 0 Å². The summed E-state index contributed by atoms with van der Waals surface area (Å²) in [5.74, 6) is 0. The molecule has 0 saturated carbocycles. The molecule has 0 spiro atoms. The molecule has 0 bridgehead atoms. The minimum atomic E-state index is 0.163. The third kappa shape index (κ3) is 4.04. The fourth-order valence-corrected chi connectivity index (χ4v) is 1.45. The van der Waals surface area contributed by atoms with Crippen LogP contribution in [0.5, 0.6) is 0 Å². The van der Waals surface area contributed by atoms with E-state index in [-0.39, 0.29) is 12.1 Å². The van der Waals surface area contributed by atoms with Gasteiger partial charge in [-0.15, -0.1) is 0 Å². The van der Waals surface area contributed by atoms with Crippen LogP contribution in [0.15, 0.2) is 0 Å². The summed E-state index contributed by atoms with van der Waals surface area (Å²) in [6.45, 7) is 3.66. The van der Waals surface area contributed by atoms with E-state index in [0.717, 1.165) is 32.7 Å². The largest absolute Gasteiger partial charge is 0.375 e. The van der Waals surface area contributed by atoms with Gasteiger partial charge in [-0.05, 0) is 27.1 Å². The van der Waals surface area contributed by atoms with Crippen LogP contribution in [0, 0.1) is 0 Å². The Morgan fingerprint density at radius 2 is 2.31 bits per heavy atom. The van der Waals surface area contributed by atoms with Crippen molar-refractivity contribution >= 4 is 0 Å². The molecule has 0 aromatic carbocycles. The molecule has 1 fully saturated rings. The Morgan fingerprint density at radius 3 is 2.92 bits per heavy atom. The monoisotopic (exact) mass is 187 g/mol. The summed E-state index contributed by atoms with van der Waals surface area (Å²) in [4.78, 5) is 2.12. The highest BCUT2D eigenvalue weighted by Gasteiger charge is 2.21. The van der Waals surface area contributed by atoms with Crippen molar-refractivity contribution < 1.29 is 4.74 Å². The van der Waals surface area contributed by atoms with Crippen molar-refractivity contribution in [1.29, 1.82) is 0 Å². The Hall–Kier alpha value is -0.160. The first-order valence-corrected chi connectivity index (χ1v) is 4.93. The number of ether oxygens (including phenoxy) is 1. The normalized spacial score (nSPS) is 29.5. The van der Waals surface area contributed by atoms with E-state index in [1.165, 1.54) is 0 Å². The first-order chi connectivity index (χ1) is 6.20. The summed E-state index contributed by atoms with van der Waals surface area (Å²) >= 11 is 0. The highest BCUT2D eigenvalue weighted by Crippen LogP contribution is 2.05. The summed E-state index contributed by atoms with van der Waals surface area (Å²) in [5, 5.41) is 3.25. The molecule has 0 aliphatic carbocycles. The average molecular weight is 187 g/mol. The van der Waals surface area contributed by atoms with Gasteiger partial charge in [0.2, 0.25) is 0 Å². The van der Waals surface area contributed by atoms with Crippen molar-refractivity contribution in [3.05, 3.63) is 0 Å². The van der Waals surface area contributed by atoms with Gasteiger partial charge in [-0.1, -0.05) is 0 Å². The summed E-state index contributed by atoms with van der Waals surface area (Å²) in [5.41, 5.74) is 5.89. The van der Waals surface area contributed by atoms with Crippen molar-refractivity contribution in [2.24, 2.45) is 5.73 Å². The second-order valence-corrected chi connectivity index (χ2v) is 3.87. The average Bonchev–Trinajstić information content (AvgIpc) is 2.08. The SMILES string of the molecule is CN(C)CCOC1CCNCC1N. The van der Waals surface area contributed by atoms with E-state index >= 15 is 0 Å². The van der Waals surface area contributed by atoms with Crippen molar-refractivity contribution in [2.75, 3.05) is 40.3 Å². The van der Waals surface area contributed by atoms with Crippen LogP contribution >= 0.6 is 0 Å². The lowest BCUT2D eigenvalue weighted by molar-refractivity contribution is 0.0137. The van der Waals surface area contributed by atoms with Gasteiger partial charge in [0.15, 0.2) is 0 Å². The molecule has 1 saturated heterocycles. The highest BCUT2D eigenvalue weighted by atomic mass is 16.5. The van der Waals surface area contributed by atoms with Crippen LogP contribution in [0.1, 0.15) is 6.42 Å². The second-order valence-electron chi connectivity index (χ2n) is 3.87. The Morgan fingerprint density at radius 1 is 1.54 bits per heavy atom.